The van der Waals surface area contributed by atoms with E-state index < -0.39 is 6.10 Å². The molecule has 1 aliphatic heterocycles. The summed E-state index contributed by atoms with van der Waals surface area (Å²) in [6.45, 7) is 7.49. The average molecular weight is 223 g/mol. The summed E-state index contributed by atoms with van der Waals surface area (Å²) in [6.07, 6.45) is -0.410. The maximum absolute atomic E-state index is 10.9. The molecule has 2 N–H and O–H groups in total. The summed E-state index contributed by atoms with van der Waals surface area (Å²) in [6, 6.07) is 0. The van der Waals surface area contributed by atoms with Gasteiger partial charge in [0.1, 0.15) is 6.10 Å². The van der Waals surface area contributed by atoms with E-state index in [4.69, 9.17) is 10.5 Å². The summed E-state index contributed by atoms with van der Waals surface area (Å²) in [7, 11) is 0. The lowest BCUT2D eigenvalue weighted by atomic mass is 10.2. The number of ether oxygens (including phenoxy) is 1. The van der Waals surface area contributed by atoms with Crippen molar-refractivity contribution in [1.29, 1.82) is 0 Å². The zero-order valence-electron chi connectivity index (χ0n) is 8.73. The lowest BCUT2D eigenvalue weighted by Crippen LogP contribution is -2.49. The summed E-state index contributed by atoms with van der Waals surface area (Å²) in [5, 5.41) is 0. The maximum atomic E-state index is 10.9. The van der Waals surface area contributed by atoms with Crippen molar-refractivity contribution in [3.63, 3.8) is 0 Å². The monoisotopic (exact) mass is 222 g/mol. The van der Waals surface area contributed by atoms with Gasteiger partial charge in [-0.25, -0.2) is 0 Å². The minimum Gasteiger partial charge on any atom is -0.367 e. The molecule has 0 aromatic heterocycles. The molecule has 4 nitrogen and oxygen atoms in total. The lowest BCUT2D eigenvalue weighted by Gasteiger charge is -2.32. The molecule has 1 atom stereocenters. The Hall–Kier alpha value is -0.320. The molecular formula is C9H19ClN2O2. The number of halogens is 1. The Labute approximate surface area is 91.2 Å². The number of hydrogen-bond acceptors (Lipinski definition) is 3. The number of nitrogens with zero attached hydrogens (tertiary/aromatic N) is 1. The van der Waals surface area contributed by atoms with Crippen LogP contribution >= 0.6 is 12.4 Å². The fraction of sp³-hybridized carbons (Fsp3) is 0.889. The molecule has 0 aromatic rings. The van der Waals surface area contributed by atoms with Crippen molar-refractivity contribution < 1.29 is 9.53 Å². The van der Waals surface area contributed by atoms with Crippen molar-refractivity contribution >= 4 is 18.3 Å². The molecule has 0 bridgehead atoms. The molecule has 0 saturated carbocycles. The average Bonchev–Trinajstić information content (AvgIpc) is 2.03. The Bertz CT molecular complexity index is 188. The van der Waals surface area contributed by atoms with E-state index in [9.17, 15) is 4.79 Å². The number of primary amides is 1. The normalized spacial score (nSPS) is 23.2. The van der Waals surface area contributed by atoms with Crippen LogP contribution in [0.25, 0.3) is 0 Å². The van der Waals surface area contributed by atoms with Crippen molar-refractivity contribution in [2.75, 3.05) is 26.2 Å². The second kappa shape index (κ2) is 6.22. The van der Waals surface area contributed by atoms with Crippen molar-refractivity contribution in [1.82, 2.24) is 4.90 Å². The van der Waals surface area contributed by atoms with Crippen molar-refractivity contribution in [3.8, 4) is 0 Å². The minimum atomic E-state index is -0.410. The summed E-state index contributed by atoms with van der Waals surface area (Å²) in [5.74, 6) is 0.264. The Morgan fingerprint density at radius 1 is 1.64 bits per heavy atom. The van der Waals surface area contributed by atoms with Gasteiger partial charge in [-0.05, 0) is 5.92 Å². The Morgan fingerprint density at radius 3 is 2.79 bits per heavy atom. The standard InChI is InChI=1S/C9H18N2O2.ClH/c1-7(2)5-11-3-4-13-8(6-11)9(10)12;/h7-8H,3-6H2,1-2H3,(H2,10,12);1H/t8-;/m1./s1. The number of carbonyl (C=O) groups is 1. The first-order valence-electron chi connectivity index (χ1n) is 4.73. The highest BCUT2D eigenvalue weighted by molar-refractivity contribution is 5.85. The quantitative estimate of drug-likeness (QED) is 0.745. The van der Waals surface area contributed by atoms with Crippen LogP contribution in [0.4, 0.5) is 0 Å². The van der Waals surface area contributed by atoms with Gasteiger partial charge in [0.2, 0.25) is 5.91 Å². The molecule has 1 rings (SSSR count). The Morgan fingerprint density at radius 2 is 2.29 bits per heavy atom. The zero-order valence-corrected chi connectivity index (χ0v) is 9.55. The second-order valence-corrected chi connectivity index (χ2v) is 3.92. The van der Waals surface area contributed by atoms with Crippen molar-refractivity contribution in [2.45, 2.75) is 20.0 Å². The number of amides is 1. The van der Waals surface area contributed by atoms with Crippen LogP contribution in [0.15, 0.2) is 0 Å². The van der Waals surface area contributed by atoms with Gasteiger partial charge < -0.3 is 10.5 Å². The molecule has 1 fully saturated rings. The van der Waals surface area contributed by atoms with Crippen molar-refractivity contribution in [3.05, 3.63) is 0 Å². The van der Waals surface area contributed by atoms with Gasteiger partial charge in [-0.3, -0.25) is 9.69 Å². The largest absolute Gasteiger partial charge is 0.367 e. The van der Waals surface area contributed by atoms with Crippen LogP contribution in [0.1, 0.15) is 13.8 Å². The van der Waals surface area contributed by atoms with E-state index in [1.807, 2.05) is 0 Å². The molecule has 84 valence electrons. The predicted octanol–water partition coefficient (Wildman–Crippen LogP) is 0.250. The molecule has 1 amide bonds. The number of hydrogen-bond donors (Lipinski definition) is 1. The lowest BCUT2D eigenvalue weighted by molar-refractivity contribution is -0.135. The molecule has 5 heteroatoms. The molecule has 1 saturated heterocycles. The third-order valence-corrected chi connectivity index (χ3v) is 2.09. The van der Waals surface area contributed by atoms with Crippen LogP contribution in [-0.2, 0) is 9.53 Å². The summed E-state index contributed by atoms with van der Waals surface area (Å²) >= 11 is 0. The van der Waals surface area contributed by atoms with Gasteiger partial charge in [-0.1, -0.05) is 13.8 Å². The third kappa shape index (κ3) is 4.26. The van der Waals surface area contributed by atoms with E-state index in [2.05, 4.69) is 18.7 Å². The van der Waals surface area contributed by atoms with E-state index in [0.29, 0.717) is 19.1 Å². The maximum Gasteiger partial charge on any atom is 0.247 e. The van der Waals surface area contributed by atoms with Crippen LogP contribution in [-0.4, -0.2) is 43.2 Å². The van der Waals surface area contributed by atoms with Crippen LogP contribution in [0, 0.1) is 5.92 Å². The highest BCUT2D eigenvalue weighted by Crippen LogP contribution is 2.07. The SMILES string of the molecule is CC(C)CN1CCO[C@@H](C(N)=O)C1.Cl. The summed E-state index contributed by atoms with van der Waals surface area (Å²) < 4.78 is 5.23. The molecule has 14 heavy (non-hydrogen) atoms. The molecule has 0 aliphatic carbocycles. The minimum absolute atomic E-state index is 0. The number of rotatable bonds is 3. The first-order chi connectivity index (χ1) is 6.09. The number of nitrogens with two attached hydrogens (primary N) is 1. The highest BCUT2D eigenvalue weighted by Gasteiger charge is 2.24. The van der Waals surface area contributed by atoms with E-state index in [1.165, 1.54) is 0 Å². The number of carbonyl (C=O) groups excluding carboxylic acids is 1. The first kappa shape index (κ1) is 13.7. The Kier molecular flexibility index (Phi) is 6.08. The first-order valence-corrected chi connectivity index (χ1v) is 4.73. The fourth-order valence-corrected chi connectivity index (χ4v) is 1.56. The highest BCUT2D eigenvalue weighted by atomic mass is 35.5. The van der Waals surface area contributed by atoms with Gasteiger partial charge >= 0.3 is 0 Å². The summed E-state index contributed by atoms with van der Waals surface area (Å²) in [5.41, 5.74) is 5.17. The van der Waals surface area contributed by atoms with Gasteiger partial charge in [0, 0.05) is 19.6 Å². The van der Waals surface area contributed by atoms with Crippen LogP contribution in [0.5, 0.6) is 0 Å². The van der Waals surface area contributed by atoms with E-state index >= 15 is 0 Å². The third-order valence-electron chi connectivity index (χ3n) is 2.09. The molecule has 0 spiro atoms. The molecule has 0 aromatic carbocycles. The van der Waals surface area contributed by atoms with Gasteiger partial charge in [0.05, 0.1) is 6.61 Å². The topological polar surface area (TPSA) is 55.6 Å². The van der Waals surface area contributed by atoms with E-state index in [-0.39, 0.29) is 18.3 Å². The van der Waals surface area contributed by atoms with E-state index in [0.717, 1.165) is 13.1 Å². The van der Waals surface area contributed by atoms with Crippen LogP contribution in [0.2, 0.25) is 0 Å². The molecule has 1 aliphatic rings. The van der Waals surface area contributed by atoms with Gasteiger partial charge in [0.25, 0.3) is 0 Å². The smallest absolute Gasteiger partial charge is 0.247 e. The van der Waals surface area contributed by atoms with Gasteiger partial charge in [-0.2, -0.15) is 0 Å². The summed E-state index contributed by atoms with van der Waals surface area (Å²) in [4.78, 5) is 13.1. The van der Waals surface area contributed by atoms with Crippen LogP contribution < -0.4 is 5.73 Å². The second-order valence-electron chi connectivity index (χ2n) is 3.92. The molecular weight excluding hydrogens is 204 g/mol. The van der Waals surface area contributed by atoms with Gasteiger partial charge in [0.15, 0.2) is 0 Å². The molecule has 1 heterocycles. The molecule has 0 unspecified atom stereocenters. The van der Waals surface area contributed by atoms with Crippen LogP contribution in [0.3, 0.4) is 0 Å². The molecule has 0 radical (unpaired) electrons. The van der Waals surface area contributed by atoms with Gasteiger partial charge in [-0.15, -0.1) is 12.4 Å². The fourth-order valence-electron chi connectivity index (χ4n) is 1.56. The number of morpholine rings is 1. The zero-order chi connectivity index (χ0) is 9.84. The van der Waals surface area contributed by atoms with Crippen molar-refractivity contribution in [2.24, 2.45) is 11.7 Å². The van der Waals surface area contributed by atoms with E-state index in [1.54, 1.807) is 0 Å². The Balaban J connectivity index is 0.00000169. The predicted molar refractivity (Wildman–Crippen MR) is 57.5 cm³/mol.